The summed E-state index contributed by atoms with van der Waals surface area (Å²) in [7, 11) is 0. The van der Waals surface area contributed by atoms with Crippen LogP contribution in [-0.4, -0.2) is 46.6 Å². The van der Waals surface area contributed by atoms with Crippen molar-refractivity contribution in [1.29, 1.82) is 0 Å². The number of anilines is 1. The Labute approximate surface area is 193 Å². The van der Waals surface area contributed by atoms with Gasteiger partial charge in [0.1, 0.15) is 11.6 Å². The van der Waals surface area contributed by atoms with E-state index in [1.165, 1.54) is 0 Å². The Bertz CT molecular complexity index is 1020. The SMILES string of the molecule is O=C(NC1CC1)c1ccc(N2C3CCC2CC(NC(=O)C2(Oc4ccccc4)CC2)C3)nc1. The van der Waals surface area contributed by atoms with Gasteiger partial charge in [-0.1, -0.05) is 18.2 Å². The van der Waals surface area contributed by atoms with Crippen LogP contribution in [0.25, 0.3) is 0 Å². The van der Waals surface area contributed by atoms with Crippen LogP contribution in [0.5, 0.6) is 5.75 Å². The number of amides is 2. The molecule has 2 saturated carbocycles. The maximum absolute atomic E-state index is 13.1. The number of aromatic nitrogens is 1. The molecule has 33 heavy (non-hydrogen) atoms. The van der Waals surface area contributed by atoms with Gasteiger partial charge in [0.15, 0.2) is 5.60 Å². The highest BCUT2D eigenvalue weighted by atomic mass is 16.5. The van der Waals surface area contributed by atoms with E-state index >= 15 is 0 Å². The average molecular weight is 447 g/mol. The van der Waals surface area contributed by atoms with E-state index < -0.39 is 5.60 Å². The summed E-state index contributed by atoms with van der Waals surface area (Å²) in [5.74, 6) is 1.67. The smallest absolute Gasteiger partial charge is 0.264 e. The van der Waals surface area contributed by atoms with Crippen LogP contribution in [-0.2, 0) is 4.79 Å². The number of fused-ring (bicyclic) bond motifs is 2. The number of nitrogens with one attached hydrogen (secondary N) is 2. The first-order valence-corrected chi connectivity index (χ1v) is 12.2. The lowest BCUT2D eigenvalue weighted by Crippen LogP contribution is -2.53. The summed E-state index contributed by atoms with van der Waals surface area (Å²) < 4.78 is 6.07. The van der Waals surface area contributed by atoms with Crippen molar-refractivity contribution in [3.63, 3.8) is 0 Å². The normalized spacial score (nSPS) is 27.0. The Balaban J connectivity index is 1.08. The highest BCUT2D eigenvalue weighted by Gasteiger charge is 2.54. The first-order chi connectivity index (χ1) is 16.1. The lowest BCUT2D eigenvalue weighted by molar-refractivity contribution is -0.130. The number of ether oxygens (including phenoxy) is 1. The van der Waals surface area contributed by atoms with Gasteiger partial charge in [-0.2, -0.15) is 0 Å². The predicted molar refractivity (Wildman–Crippen MR) is 124 cm³/mol. The second kappa shape index (κ2) is 8.04. The van der Waals surface area contributed by atoms with E-state index in [4.69, 9.17) is 4.74 Å². The Morgan fingerprint density at radius 1 is 0.909 bits per heavy atom. The largest absolute Gasteiger partial charge is 0.477 e. The quantitative estimate of drug-likeness (QED) is 0.683. The molecule has 2 aromatic rings. The summed E-state index contributed by atoms with van der Waals surface area (Å²) in [6.07, 6.45) is 9.41. The third-order valence-corrected chi connectivity index (χ3v) is 7.43. The van der Waals surface area contributed by atoms with Gasteiger partial charge in [0.2, 0.25) is 0 Å². The molecule has 2 amide bonds. The van der Waals surface area contributed by atoms with Crippen LogP contribution in [0.1, 0.15) is 61.7 Å². The number of carbonyl (C=O) groups is 2. The summed E-state index contributed by atoms with van der Waals surface area (Å²) in [4.78, 5) is 32.4. The van der Waals surface area contributed by atoms with Gasteiger partial charge in [-0.05, 0) is 62.8 Å². The molecule has 2 aliphatic heterocycles. The van der Waals surface area contributed by atoms with E-state index in [0.717, 1.165) is 62.9 Å². The zero-order valence-corrected chi connectivity index (χ0v) is 18.7. The highest BCUT2D eigenvalue weighted by Crippen LogP contribution is 2.42. The fourth-order valence-corrected chi connectivity index (χ4v) is 5.36. The van der Waals surface area contributed by atoms with E-state index in [2.05, 4.69) is 20.5 Å². The monoisotopic (exact) mass is 446 g/mol. The van der Waals surface area contributed by atoms with E-state index in [0.29, 0.717) is 23.7 Å². The summed E-state index contributed by atoms with van der Waals surface area (Å²) >= 11 is 0. The molecule has 3 heterocycles. The zero-order chi connectivity index (χ0) is 22.4. The van der Waals surface area contributed by atoms with Crippen molar-refractivity contribution < 1.29 is 14.3 Å². The minimum atomic E-state index is -0.698. The number of pyridine rings is 1. The van der Waals surface area contributed by atoms with E-state index in [1.54, 1.807) is 6.20 Å². The molecule has 1 aromatic heterocycles. The maximum Gasteiger partial charge on any atom is 0.264 e. The molecule has 1 aromatic carbocycles. The summed E-state index contributed by atoms with van der Waals surface area (Å²) in [5, 5.41) is 6.31. The van der Waals surface area contributed by atoms with Crippen molar-refractivity contribution >= 4 is 17.6 Å². The number of hydrogen-bond donors (Lipinski definition) is 2. The zero-order valence-electron chi connectivity index (χ0n) is 18.7. The van der Waals surface area contributed by atoms with Crippen LogP contribution in [0.2, 0.25) is 0 Å². The van der Waals surface area contributed by atoms with Gasteiger partial charge in [-0.15, -0.1) is 0 Å². The van der Waals surface area contributed by atoms with E-state index in [1.807, 2.05) is 42.5 Å². The summed E-state index contributed by atoms with van der Waals surface area (Å²) in [6.45, 7) is 0. The first-order valence-electron chi connectivity index (χ1n) is 12.2. The molecule has 2 saturated heterocycles. The number of benzene rings is 1. The highest BCUT2D eigenvalue weighted by molar-refractivity contribution is 5.94. The molecule has 2 atom stereocenters. The summed E-state index contributed by atoms with van der Waals surface area (Å²) in [5.41, 5.74) is -0.0797. The van der Waals surface area contributed by atoms with Crippen LogP contribution < -0.4 is 20.3 Å². The van der Waals surface area contributed by atoms with Crippen molar-refractivity contribution in [3.8, 4) is 5.75 Å². The van der Waals surface area contributed by atoms with Gasteiger partial charge in [0.25, 0.3) is 11.8 Å². The minimum absolute atomic E-state index is 0.0216. The van der Waals surface area contributed by atoms with Gasteiger partial charge in [0, 0.05) is 43.2 Å². The standard InChI is InChI=1S/C26H30N4O3/c31-24(28-18-7-8-18)17-6-11-23(27-16-17)30-20-9-10-21(30)15-19(14-20)29-25(32)26(12-13-26)33-22-4-2-1-3-5-22/h1-6,11,16,18-21H,7-10,12-15H2,(H,28,31)(H,29,32). The van der Waals surface area contributed by atoms with Crippen LogP contribution >= 0.6 is 0 Å². The molecule has 2 aliphatic carbocycles. The van der Waals surface area contributed by atoms with Crippen molar-refractivity contribution in [3.05, 3.63) is 54.2 Å². The van der Waals surface area contributed by atoms with Crippen LogP contribution in [0, 0.1) is 0 Å². The molecule has 0 radical (unpaired) electrons. The van der Waals surface area contributed by atoms with Crippen molar-refractivity contribution in [2.75, 3.05) is 4.90 Å². The first kappa shape index (κ1) is 20.5. The van der Waals surface area contributed by atoms with Gasteiger partial charge < -0.3 is 20.3 Å². The fourth-order valence-electron chi connectivity index (χ4n) is 5.36. The van der Waals surface area contributed by atoms with Crippen LogP contribution in [0.15, 0.2) is 48.7 Å². The molecule has 4 aliphatic rings. The van der Waals surface area contributed by atoms with E-state index in [-0.39, 0.29) is 17.9 Å². The molecule has 7 nitrogen and oxygen atoms in total. The maximum atomic E-state index is 13.1. The van der Waals surface area contributed by atoms with Gasteiger partial charge in [0.05, 0.1) is 5.56 Å². The molecule has 4 fully saturated rings. The van der Waals surface area contributed by atoms with Gasteiger partial charge in [-0.25, -0.2) is 4.98 Å². The Hall–Kier alpha value is -3.09. The third-order valence-electron chi connectivity index (χ3n) is 7.43. The van der Waals surface area contributed by atoms with Crippen molar-refractivity contribution in [2.24, 2.45) is 0 Å². The fraction of sp³-hybridized carbons (Fsp3) is 0.500. The number of piperidine rings is 1. The lowest BCUT2D eigenvalue weighted by Gasteiger charge is -2.40. The minimum Gasteiger partial charge on any atom is -0.477 e. The lowest BCUT2D eigenvalue weighted by atomic mass is 9.96. The predicted octanol–water partition coefficient (Wildman–Crippen LogP) is 3.20. The molecule has 7 heteroatoms. The van der Waals surface area contributed by atoms with Gasteiger partial charge >= 0.3 is 0 Å². The average Bonchev–Trinajstić information content (AvgIpc) is 3.75. The topological polar surface area (TPSA) is 83.6 Å². The number of rotatable bonds is 7. The van der Waals surface area contributed by atoms with Crippen LogP contribution in [0.3, 0.4) is 0 Å². The van der Waals surface area contributed by atoms with Crippen LogP contribution in [0.4, 0.5) is 5.82 Å². The molecule has 2 bridgehead atoms. The number of carbonyl (C=O) groups excluding carboxylic acids is 2. The number of para-hydroxylation sites is 1. The van der Waals surface area contributed by atoms with Crippen molar-refractivity contribution in [1.82, 2.24) is 15.6 Å². The molecule has 2 N–H and O–H groups in total. The van der Waals surface area contributed by atoms with E-state index in [9.17, 15) is 9.59 Å². The van der Waals surface area contributed by atoms with Crippen molar-refractivity contribution in [2.45, 2.75) is 81.1 Å². The molecule has 6 rings (SSSR count). The Kier molecular flexibility index (Phi) is 5.00. The number of nitrogens with zero attached hydrogens (tertiary/aromatic N) is 2. The molecule has 172 valence electrons. The molecule has 2 unspecified atom stereocenters. The molecular formula is C26H30N4O3. The second-order valence-corrected chi connectivity index (χ2v) is 10.00. The molecule has 0 spiro atoms. The van der Waals surface area contributed by atoms with Gasteiger partial charge in [-0.3, -0.25) is 9.59 Å². The number of hydrogen-bond acceptors (Lipinski definition) is 5. The summed E-state index contributed by atoms with van der Waals surface area (Å²) in [6, 6.07) is 14.7. The second-order valence-electron chi connectivity index (χ2n) is 10.00. The molecular weight excluding hydrogens is 416 g/mol. The third kappa shape index (κ3) is 4.16. The Morgan fingerprint density at radius 2 is 1.64 bits per heavy atom. The Morgan fingerprint density at radius 3 is 2.24 bits per heavy atom.